The first-order chi connectivity index (χ1) is 11.6. The van der Waals surface area contributed by atoms with Crippen molar-refractivity contribution in [2.45, 2.75) is 19.9 Å². The van der Waals surface area contributed by atoms with E-state index in [1.807, 2.05) is 26.0 Å². The summed E-state index contributed by atoms with van der Waals surface area (Å²) in [5.74, 6) is 1.65. The van der Waals surface area contributed by atoms with Crippen LogP contribution in [0, 0.1) is 11.3 Å². The van der Waals surface area contributed by atoms with Crippen molar-refractivity contribution >= 4 is 28.2 Å². The predicted molar refractivity (Wildman–Crippen MR) is 93.4 cm³/mol. The van der Waals surface area contributed by atoms with E-state index in [1.165, 1.54) is 6.20 Å². The zero-order chi connectivity index (χ0) is 17.1. The molecule has 0 bridgehead atoms. The second kappa shape index (κ2) is 6.38. The van der Waals surface area contributed by atoms with E-state index in [0.29, 0.717) is 28.4 Å². The normalized spacial score (nSPS) is 10.6. The first-order valence-electron chi connectivity index (χ1n) is 7.49. The van der Waals surface area contributed by atoms with Gasteiger partial charge in [-0.15, -0.1) is 0 Å². The van der Waals surface area contributed by atoms with Gasteiger partial charge < -0.3 is 15.6 Å². The summed E-state index contributed by atoms with van der Waals surface area (Å²) in [7, 11) is 0. The highest BCUT2D eigenvalue weighted by molar-refractivity contribution is 5.93. The fraction of sp³-hybridized carbons (Fsp3) is 0.176. The van der Waals surface area contributed by atoms with Crippen LogP contribution in [0.4, 0.5) is 17.5 Å². The van der Waals surface area contributed by atoms with Gasteiger partial charge in [0.05, 0.1) is 10.9 Å². The summed E-state index contributed by atoms with van der Waals surface area (Å²) < 4.78 is 0. The van der Waals surface area contributed by atoms with E-state index in [1.54, 1.807) is 24.4 Å². The fourth-order valence-electron chi connectivity index (χ4n) is 2.32. The van der Waals surface area contributed by atoms with Crippen molar-refractivity contribution in [2.24, 2.45) is 0 Å². The molecule has 0 spiro atoms. The van der Waals surface area contributed by atoms with Crippen molar-refractivity contribution in [3.63, 3.8) is 0 Å². The number of aromatic nitrogens is 3. The predicted octanol–water partition coefficient (Wildman–Crippen LogP) is 2.75. The number of nitriles is 1. The van der Waals surface area contributed by atoms with Crippen LogP contribution in [0.2, 0.25) is 0 Å². The number of fused-ring (bicyclic) bond motifs is 1. The molecule has 0 aliphatic carbocycles. The molecule has 0 aliphatic rings. The van der Waals surface area contributed by atoms with Crippen molar-refractivity contribution in [2.75, 3.05) is 10.6 Å². The molecule has 3 heterocycles. The number of hydrogen-bond acceptors (Lipinski definition) is 6. The lowest BCUT2D eigenvalue weighted by Crippen LogP contribution is -2.16. The standard InChI is InChI=1S/C17H16N6O/c1-10(2)21-16-15-12(5-6-19-17(15)24)7-14(23-16)22-13-4-3-11(8-18)9-20-13/h3-7,9-10H,1-2H3,(H,19,24)(H2,20,21,22,23). The maximum Gasteiger partial charge on any atom is 0.259 e. The monoisotopic (exact) mass is 320 g/mol. The largest absolute Gasteiger partial charge is 0.367 e. The minimum atomic E-state index is -0.189. The molecule has 24 heavy (non-hydrogen) atoms. The number of nitrogens with zero attached hydrogens (tertiary/aromatic N) is 3. The average Bonchev–Trinajstić information content (AvgIpc) is 2.55. The number of H-pyrrole nitrogens is 1. The molecule has 0 saturated heterocycles. The highest BCUT2D eigenvalue weighted by Crippen LogP contribution is 2.23. The molecule has 0 aliphatic heterocycles. The van der Waals surface area contributed by atoms with Crippen molar-refractivity contribution in [1.29, 1.82) is 5.26 Å². The Bertz CT molecular complexity index is 969. The third-order valence-electron chi connectivity index (χ3n) is 3.33. The molecule has 0 fully saturated rings. The lowest BCUT2D eigenvalue weighted by atomic mass is 10.2. The number of rotatable bonds is 4. The second-order valence-electron chi connectivity index (χ2n) is 5.60. The SMILES string of the molecule is CC(C)Nc1nc(Nc2ccc(C#N)cn2)cc2cc[nH]c(=O)c12. The molecular formula is C17H16N6O. The Morgan fingerprint density at radius 2 is 2.08 bits per heavy atom. The summed E-state index contributed by atoms with van der Waals surface area (Å²) in [6, 6.07) is 9.14. The highest BCUT2D eigenvalue weighted by Gasteiger charge is 2.11. The third-order valence-corrected chi connectivity index (χ3v) is 3.33. The van der Waals surface area contributed by atoms with Crippen LogP contribution >= 0.6 is 0 Å². The van der Waals surface area contributed by atoms with Crippen LogP contribution < -0.4 is 16.2 Å². The van der Waals surface area contributed by atoms with Crippen LogP contribution in [-0.2, 0) is 0 Å². The molecule has 3 N–H and O–H groups in total. The van der Waals surface area contributed by atoms with Gasteiger partial charge in [0.15, 0.2) is 0 Å². The molecule has 0 saturated carbocycles. The van der Waals surface area contributed by atoms with Crippen LogP contribution in [0.1, 0.15) is 19.4 Å². The Hall–Kier alpha value is -3.40. The van der Waals surface area contributed by atoms with E-state index in [-0.39, 0.29) is 11.6 Å². The maximum atomic E-state index is 12.1. The Balaban J connectivity index is 2.04. The number of hydrogen-bond donors (Lipinski definition) is 3. The van der Waals surface area contributed by atoms with E-state index in [9.17, 15) is 4.79 Å². The van der Waals surface area contributed by atoms with Crippen LogP contribution in [0.3, 0.4) is 0 Å². The van der Waals surface area contributed by atoms with Crippen LogP contribution in [0.5, 0.6) is 0 Å². The van der Waals surface area contributed by atoms with Gasteiger partial charge in [-0.2, -0.15) is 5.26 Å². The Morgan fingerprint density at radius 1 is 1.25 bits per heavy atom. The molecule has 7 nitrogen and oxygen atoms in total. The fourth-order valence-corrected chi connectivity index (χ4v) is 2.32. The number of anilines is 3. The van der Waals surface area contributed by atoms with Gasteiger partial charge in [-0.25, -0.2) is 9.97 Å². The molecule has 3 aromatic heterocycles. The van der Waals surface area contributed by atoms with E-state index >= 15 is 0 Å². The molecule has 0 aromatic carbocycles. The molecule has 3 rings (SSSR count). The quantitative estimate of drug-likeness (QED) is 0.682. The van der Waals surface area contributed by atoms with Gasteiger partial charge in [0.25, 0.3) is 5.56 Å². The molecule has 0 atom stereocenters. The Morgan fingerprint density at radius 3 is 2.75 bits per heavy atom. The van der Waals surface area contributed by atoms with Crippen molar-refractivity contribution < 1.29 is 0 Å². The number of nitrogens with one attached hydrogen (secondary N) is 3. The average molecular weight is 320 g/mol. The van der Waals surface area contributed by atoms with Gasteiger partial charge >= 0.3 is 0 Å². The van der Waals surface area contributed by atoms with Gasteiger partial charge in [0, 0.05) is 18.4 Å². The van der Waals surface area contributed by atoms with Crippen LogP contribution in [0.15, 0.2) is 41.5 Å². The zero-order valence-electron chi connectivity index (χ0n) is 13.3. The second-order valence-corrected chi connectivity index (χ2v) is 5.60. The molecular weight excluding hydrogens is 304 g/mol. The topological polar surface area (TPSA) is 106 Å². The molecule has 3 aromatic rings. The van der Waals surface area contributed by atoms with Crippen LogP contribution in [-0.4, -0.2) is 21.0 Å². The Labute approximate surface area is 138 Å². The summed E-state index contributed by atoms with van der Waals surface area (Å²) in [6.45, 7) is 3.96. The van der Waals surface area contributed by atoms with Crippen molar-refractivity contribution in [1.82, 2.24) is 15.0 Å². The maximum absolute atomic E-state index is 12.1. The van der Waals surface area contributed by atoms with Gasteiger partial charge in [-0.3, -0.25) is 4.79 Å². The number of pyridine rings is 3. The summed E-state index contributed by atoms with van der Waals surface area (Å²) in [5.41, 5.74) is 0.298. The summed E-state index contributed by atoms with van der Waals surface area (Å²) in [5, 5.41) is 16.4. The summed E-state index contributed by atoms with van der Waals surface area (Å²) in [6.07, 6.45) is 3.09. The third kappa shape index (κ3) is 3.17. The highest BCUT2D eigenvalue weighted by atomic mass is 16.1. The number of aromatic amines is 1. The van der Waals surface area contributed by atoms with Crippen molar-refractivity contribution in [3.05, 3.63) is 52.6 Å². The minimum Gasteiger partial charge on any atom is -0.367 e. The van der Waals surface area contributed by atoms with E-state index in [0.717, 1.165) is 5.39 Å². The van der Waals surface area contributed by atoms with Gasteiger partial charge in [-0.1, -0.05) is 0 Å². The van der Waals surface area contributed by atoms with E-state index in [2.05, 4.69) is 25.6 Å². The molecule has 0 radical (unpaired) electrons. The van der Waals surface area contributed by atoms with Crippen LogP contribution in [0.25, 0.3) is 10.8 Å². The smallest absolute Gasteiger partial charge is 0.259 e. The van der Waals surface area contributed by atoms with E-state index < -0.39 is 0 Å². The first kappa shape index (κ1) is 15.5. The molecule has 120 valence electrons. The summed E-state index contributed by atoms with van der Waals surface area (Å²) in [4.78, 5) is 23.5. The van der Waals surface area contributed by atoms with Gasteiger partial charge in [-0.05, 0) is 43.5 Å². The Kier molecular flexibility index (Phi) is 4.12. The molecule has 7 heteroatoms. The summed E-state index contributed by atoms with van der Waals surface area (Å²) >= 11 is 0. The van der Waals surface area contributed by atoms with Crippen molar-refractivity contribution in [3.8, 4) is 6.07 Å². The lowest BCUT2D eigenvalue weighted by molar-refractivity contribution is 0.892. The van der Waals surface area contributed by atoms with Gasteiger partial charge in [0.1, 0.15) is 23.5 Å². The molecule has 0 amide bonds. The van der Waals surface area contributed by atoms with Gasteiger partial charge in [0.2, 0.25) is 0 Å². The van der Waals surface area contributed by atoms with E-state index in [4.69, 9.17) is 5.26 Å². The molecule has 0 unspecified atom stereocenters. The minimum absolute atomic E-state index is 0.128. The first-order valence-corrected chi connectivity index (χ1v) is 7.49. The zero-order valence-corrected chi connectivity index (χ0v) is 13.3. The lowest BCUT2D eigenvalue weighted by Gasteiger charge is -2.14.